The minimum Gasteiger partial charge on any atom is -0.368 e. The number of anilines is 1. The van der Waals surface area contributed by atoms with Crippen LogP contribution in [0.25, 0.3) is 0 Å². The van der Waals surface area contributed by atoms with E-state index < -0.39 is 0 Å². The van der Waals surface area contributed by atoms with E-state index in [4.69, 9.17) is 0 Å². The van der Waals surface area contributed by atoms with Crippen LogP contribution in [-0.4, -0.2) is 23.6 Å². The summed E-state index contributed by atoms with van der Waals surface area (Å²) in [5, 5.41) is 3.49. The largest absolute Gasteiger partial charge is 0.368 e. The molecular weight excluding hydrogens is 222 g/mol. The fourth-order valence-corrected chi connectivity index (χ4v) is 2.73. The molecule has 1 unspecified atom stereocenters. The van der Waals surface area contributed by atoms with Crippen LogP contribution in [0.4, 0.5) is 5.69 Å². The van der Waals surface area contributed by atoms with Crippen molar-refractivity contribution in [2.45, 2.75) is 58.7 Å². The highest BCUT2D eigenvalue weighted by molar-refractivity contribution is 5.53. The van der Waals surface area contributed by atoms with Gasteiger partial charge in [-0.15, -0.1) is 0 Å². The van der Waals surface area contributed by atoms with Crippen molar-refractivity contribution in [3.63, 3.8) is 0 Å². The van der Waals surface area contributed by atoms with E-state index in [9.17, 15) is 0 Å². The average molecular weight is 247 g/mol. The molecular formula is C15H25N3. The summed E-state index contributed by atoms with van der Waals surface area (Å²) >= 11 is 0. The lowest BCUT2D eigenvalue weighted by Crippen LogP contribution is -2.30. The summed E-state index contributed by atoms with van der Waals surface area (Å²) in [6.07, 6.45) is 7.81. The van der Waals surface area contributed by atoms with Gasteiger partial charge in [0.15, 0.2) is 0 Å². The third-order valence-electron chi connectivity index (χ3n) is 3.74. The molecule has 1 aromatic heterocycles. The molecule has 2 heterocycles. The third-order valence-corrected chi connectivity index (χ3v) is 3.74. The zero-order chi connectivity index (χ0) is 13.0. The van der Waals surface area contributed by atoms with Crippen LogP contribution in [-0.2, 0) is 6.54 Å². The van der Waals surface area contributed by atoms with E-state index in [1.165, 1.54) is 37.1 Å². The van der Waals surface area contributed by atoms with Gasteiger partial charge in [0.05, 0.1) is 0 Å². The van der Waals surface area contributed by atoms with E-state index in [0.29, 0.717) is 12.1 Å². The lowest BCUT2D eigenvalue weighted by atomic mass is 10.1. The van der Waals surface area contributed by atoms with Crippen molar-refractivity contribution in [3.8, 4) is 0 Å². The normalized spacial score (nSPS) is 19.8. The fraction of sp³-hybridized carbons (Fsp3) is 0.667. The van der Waals surface area contributed by atoms with Gasteiger partial charge >= 0.3 is 0 Å². The molecule has 2 rings (SSSR count). The van der Waals surface area contributed by atoms with E-state index >= 15 is 0 Å². The number of pyridine rings is 1. The van der Waals surface area contributed by atoms with E-state index in [2.05, 4.69) is 42.0 Å². The first-order valence-electron chi connectivity index (χ1n) is 7.15. The smallest absolute Gasteiger partial charge is 0.0445 e. The maximum Gasteiger partial charge on any atom is 0.0445 e. The molecule has 0 spiro atoms. The van der Waals surface area contributed by atoms with Gasteiger partial charge in [-0.1, -0.05) is 20.8 Å². The Balaban J connectivity index is 2.16. The summed E-state index contributed by atoms with van der Waals surface area (Å²) in [6, 6.07) is 3.40. The highest BCUT2D eigenvalue weighted by Crippen LogP contribution is 2.29. The molecule has 100 valence electrons. The Morgan fingerprint density at radius 1 is 1.50 bits per heavy atom. The zero-order valence-electron chi connectivity index (χ0n) is 11.8. The van der Waals surface area contributed by atoms with Crippen molar-refractivity contribution in [3.05, 3.63) is 24.0 Å². The van der Waals surface area contributed by atoms with Gasteiger partial charge in [0.1, 0.15) is 0 Å². The Morgan fingerprint density at radius 2 is 2.33 bits per heavy atom. The second-order valence-corrected chi connectivity index (χ2v) is 5.44. The maximum absolute atomic E-state index is 4.28. The van der Waals surface area contributed by atoms with Gasteiger partial charge in [-0.3, -0.25) is 4.98 Å². The van der Waals surface area contributed by atoms with Crippen LogP contribution < -0.4 is 10.2 Å². The van der Waals surface area contributed by atoms with Crippen molar-refractivity contribution in [2.75, 3.05) is 11.4 Å². The molecule has 3 heteroatoms. The van der Waals surface area contributed by atoms with Gasteiger partial charge in [-0.2, -0.15) is 0 Å². The lowest BCUT2D eigenvalue weighted by molar-refractivity contribution is 0.584. The highest BCUT2D eigenvalue weighted by Gasteiger charge is 2.24. The van der Waals surface area contributed by atoms with Crippen LogP contribution in [0.15, 0.2) is 18.5 Å². The Hall–Kier alpha value is -1.09. The maximum atomic E-state index is 4.28. The van der Waals surface area contributed by atoms with Crippen molar-refractivity contribution < 1.29 is 0 Å². The summed E-state index contributed by atoms with van der Waals surface area (Å²) in [4.78, 5) is 6.85. The monoisotopic (exact) mass is 247 g/mol. The lowest BCUT2D eigenvalue weighted by Gasteiger charge is -2.28. The average Bonchev–Trinajstić information content (AvgIpc) is 2.84. The summed E-state index contributed by atoms with van der Waals surface area (Å²) in [5.74, 6) is 0. The molecule has 1 aliphatic rings. The van der Waals surface area contributed by atoms with E-state index in [-0.39, 0.29) is 0 Å². The Labute approximate surface area is 111 Å². The minimum atomic E-state index is 0.513. The van der Waals surface area contributed by atoms with Gasteiger partial charge < -0.3 is 10.2 Å². The molecule has 3 nitrogen and oxygen atoms in total. The van der Waals surface area contributed by atoms with E-state index in [1.54, 1.807) is 0 Å². The van der Waals surface area contributed by atoms with Crippen LogP contribution in [0.3, 0.4) is 0 Å². The first-order chi connectivity index (χ1) is 8.72. The Kier molecular flexibility index (Phi) is 4.59. The number of nitrogens with zero attached hydrogens (tertiary/aromatic N) is 2. The Morgan fingerprint density at radius 3 is 3.06 bits per heavy atom. The van der Waals surface area contributed by atoms with Gasteiger partial charge in [-0.05, 0) is 25.3 Å². The molecule has 1 saturated heterocycles. The molecule has 0 radical (unpaired) electrons. The molecule has 1 aliphatic heterocycles. The standard InChI is InChI=1S/C15H25N3/c1-4-14-6-5-9-18(14)15-7-8-16-10-13(15)11-17-12(2)3/h7-8,10,12,14,17H,4-6,9,11H2,1-3H3. The molecule has 1 fully saturated rings. The molecule has 1 aromatic rings. The van der Waals surface area contributed by atoms with Crippen molar-refractivity contribution in [1.82, 2.24) is 10.3 Å². The van der Waals surface area contributed by atoms with Crippen molar-refractivity contribution in [1.29, 1.82) is 0 Å². The SMILES string of the molecule is CCC1CCCN1c1ccncc1CNC(C)C. The molecule has 1 N–H and O–H groups in total. The molecule has 0 saturated carbocycles. The molecule has 0 aliphatic carbocycles. The molecule has 0 bridgehead atoms. The van der Waals surface area contributed by atoms with E-state index in [1.807, 2.05) is 12.4 Å². The van der Waals surface area contributed by atoms with Crippen LogP contribution in [0.2, 0.25) is 0 Å². The second-order valence-electron chi connectivity index (χ2n) is 5.44. The van der Waals surface area contributed by atoms with Crippen LogP contribution in [0.1, 0.15) is 45.6 Å². The predicted molar refractivity (Wildman–Crippen MR) is 76.9 cm³/mol. The third kappa shape index (κ3) is 3.02. The summed E-state index contributed by atoms with van der Waals surface area (Å²) < 4.78 is 0. The number of rotatable bonds is 5. The van der Waals surface area contributed by atoms with Crippen LogP contribution in [0, 0.1) is 0 Å². The quantitative estimate of drug-likeness (QED) is 0.867. The zero-order valence-corrected chi connectivity index (χ0v) is 11.8. The molecule has 0 aromatic carbocycles. The first kappa shape index (κ1) is 13.3. The van der Waals surface area contributed by atoms with Gasteiger partial charge in [-0.25, -0.2) is 0 Å². The van der Waals surface area contributed by atoms with Gasteiger partial charge in [0, 0.05) is 48.8 Å². The first-order valence-corrected chi connectivity index (χ1v) is 7.15. The summed E-state index contributed by atoms with van der Waals surface area (Å²) in [6.45, 7) is 8.75. The molecule has 18 heavy (non-hydrogen) atoms. The van der Waals surface area contributed by atoms with Crippen molar-refractivity contribution in [2.24, 2.45) is 0 Å². The Bertz CT molecular complexity index is 376. The number of aromatic nitrogens is 1. The molecule has 1 atom stereocenters. The number of hydrogen-bond donors (Lipinski definition) is 1. The number of nitrogens with one attached hydrogen (secondary N) is 1. The van der Waals surface area contributed by atoms with Crippen molar-refractivity contribution >= 4 is 5.69 Å². The van der Waals surface area contributed by atoms with Gasteiger partial charge in [0.25, 0.3) is 0 Å². The molecule has 0 amide bonds. The van der Waals surface area contributed by atoms with Crippen LogP contribution in [0.5, 0.6) is 0 Å². The minimum absolute atomic E-state index is 0.513. The fourth-order valence-electron chi connectivity index (χ4n) is 2.73. The van der Waals surface area contributed by atoms with E-state index in [0.717, 1.165) is 6.54 Å². The number of hydrogen-bond acceptors (Lipinski definition) is 3. The topological polar surface area (TPSA) is 28.2 Å². The summed E-state index contributed by atoms with van der Waals surface area (Å²) in [5.41, 5.74) is 2.70. The predicted octanol–water partition coefficient (Wildman–Crippen LogP) is 2.96. The van der Waals surface area contributed by atoms with Gasteiger partial charge in [0.2, 0.25) is 0 Å². The van der Waals surface area contributed by atoms with Crippen LogP contribution >= 0.6 is 0 Å². The highest BCUT2D eigenvalue weighted by atomic mass is 15.2. The summed E-state index contributed by atoms with van der Waals surface area (Å²) in [7, 11) is 0. The second kappa shape index (κ2) is 6.19.